The molecule has 0 atom stereocenters. The Balaban J connectivity index is 1.76. The SMILES string of the molecule is COc1ccc(CNC(=O)c2c[nH]cc2-c2ccccc2OC)cn1. The molecule has 1 aromatic carbocycles. The lowest BCUT2D eigenvalue weighted by molar-refractivity contribution is 0.0951. The van der Waals surface area contributed by atoms with E-state index in [4.69, 9.17) is 9.47 Å². The predicted molar refractivity (Wildman–Crippen MR) is 94.7 cm³/mol. The maximum absolute atomic E-state index is 12.6. The average molecular weight is 337 g/mol. The maximum Gasteiger partial charge on any atom is 0.253 e. The summed E-state index contributed by atoms with van der Waals surface area (Å²) in [5, 5.41) is 2.91. The van der Waals surface area contributed by atoms with E-state index in [0.717, 1.165) is 22.4 Å². The van der Waals surface area contributed by atoms with Crippen molar-refractivity contribution < 1.29 is 14.3 Å². The third kappa shape index (κ3) is 3.63. The second kappa shape index (κ2) is 7.53. The van der Waals surface area contributed by atoms with Crippen LogP contribution in [-0.2, 0) is 6.54 Å². The van der Waals surface area contributed by atoms with Gasteiger partial charge in [-0.2, -0.15) is 0 Å². The Kier molecular flexibility index (Phi) is 4.99. The number of hydrogen-bond acceptors (Lipinski definition) is 4. The molecule has 0 fully saturated rings. The molecule has 3 aromatic rings. The third-order valence-electron chi connectivity index (χ3n) is 3.85. The number of carbonyl (C=O) groups is 1. The first-order valence-electron chi connectivity index (χ1n) is 7.80. The smallest absolute Gasteiger partial charge is 0.253 e. The lowest BCUT2D eigenvalue weighted by Crippen LogP contribution is -2.23. The number of aromatic nitrogens is 2. The van der Waals surface area contributed by atoms with Gasteiger partial charge in [0, 0.05) is 42.3 Å². The topological polar surface area (TPSA) is 76.2 Å². The quantitative estimate of drug-likeness (QED) is 0.725. The van der Waals surface area contributed by atoms with Gasteiger partial charge in [-0.25, -0.2) is 4.98 Å². The van der Waals surface area contributed by atoms with Gasteiger partial charge in [0.15, 0.2) is 0 Å². The van der Waals surface area contributed by atoms with Crippen LogP contribution in [-0.4, -0.2) is 30.1 Å². The molecular formula is C19H19N3O3. The summed E-state index contributed by atoms with van der Waals surface area (Å²) in [7, 11) is 3.18. The van der Waals surface area contributed by atoms with Gasteiger partial charge in [-0.3, -0.25) is 4.79 Å². The first-order chi connectivity index (χ1) is 12.2. The van der Waals surface area contributed by atoms with Crippen LogP contribution in [0.25, 0.3) is 11.1 Å². The molecule has 0 aliphatic heterocycles. The highest BCUT2D eigenvalue weighted by Gasteiger charge is 2.16. The molecule has 0 aliphatic rings. The molecule has 0 saturated carbocycles. The van der Waals surface area contributed by atoms with Crippen LogP contribution >= 0.6 is 0 Å². The molecule has 0 aliphatic carbocycles. The first-order valence-corrected chi connectivity index (χ1v) is 7.80. The van der Waals surface area contributed by atoms with Gasteiger partial charge in [-0.15, -0.1) is 0 Å². The number of methoxy groups -OCH3 is 2. The fourth-order valence-corrected chi connectivity index (χ4v) is 2.56. The number of carbonyl (C=O) groups excluding carboxylic acids is 1. The summed E-state index contributed by atoms with van der Waals surface area (Å²) in [6, 6.07) is 11.2. The van der Waals surface area contributed by atoms with E-state index in [1.165, 1.54) is 0 Å². The molecule has 2 heterocycles. The van der Waals surface area contributed by atoms with Crippen molar-refractivity contribution in [1.82, 2.24) is 15.3 Å². The molecule has 0 spiro atoms. The fraction of sp³-hybridized carbons (Fsp3) is 0.158. The van der Waals surface area contributed by atoms with Gasteiger partial charge in [0.05, 0.1) is 19.8 Å². The van der Waals surface area contributed by atoms with Crippen molar-refractivity contribution in [3.8, 4) is 22.8 Å². The Bertz CT molecular complexity index is 856. The highest BCUT2D eigenvalue weighted by Crippen LogP contribution is 2.31. The van der Waals surface area contributed by atoms with Crippen molar-refractivity contribution in [2.45, 2.75) is 6.54 Å². The van der Waals surface area contributed by atoms with Gasteiger partial charge in [0.25, 0.3) is 5.91 Å². The third-order valence-corrected chi connectivity index (χ3v) is 3.85. The normalized spacial score (nSPS) is 10.3. The molecular weight excluding hydrogens is 318 g/mol. The molecule has 6 nitrogen and oxygen atoms in total. The van der Waals surface area contributed by atoms with E-state index in [0.29, 0.717) is 18.0 Å². The number of H-pyrrole nitrogens is 1. The number of aromatic amines is 1. The summed E-state index contributed by atoms with van der Waals surface area (Å²) in [6.45, 7) is 0.381. The van der Waals surface area contributed by atoms with Crippen LogP contribution in [0.3, 0.4) is 0 Å². The number of nitrogens with one attached hydrogen (secondary N) is 2. The second-order valence-corrected chi connectivity index (χ2v) is 5.37. The van der Waals surface area contributed by atoms with E-state index in [9.17, 15) is 4.79 Å². The summed E-state index contributed by atoms with van der Waals surface area (Å²) in [5.41, 5.74) is 3.11. The van der Waals surface area contributed by atoms with Crippen LogP contribution in [0.1, 0.15) is 15.9 Å². The minimum absolute atomic E-state index is 0.169. The standard InChI is InChI=1S/C19H19N3O3/c1-24-17-6-4-3-5-14(17)15-11-20-12-16(15)19(23)22-10-13-7-8-18(25-2)21-9-13/h3-9,11-12,20H,10H2,1-2H3,(H,22,23). The van der Waals surface area contributed by atoms with Crippen LogP contribution in [0.4, 0.5) is 0 Å². The van der Waals surface area contributed by atoms with Crippen molar-refractivity contribution in [3.63, 3.8) is 0 Å². The van der Waals surface area contributed by atoms with Gasteiger partial charge in [0.1, 0.15) is 5.75 Å². The minimum atomic E-state index is -0.169. The highest BCUT2D eigenvalue weighted by molar-refractivity contribution is 6.01. The molecule has 0 unspecified atom stereocenters. The van der Waals surface area contributed by atoms with Crippen molar-refractivity contribution in [2.24, 2.45) is 0 Å². The van der Waals surface area contributed by atoms with Crippen molar-refractivity contribution in [1.29, 1.82) is 0 Å². The van der Waals surface area contributed by atoms with E-state index in [1.807, 2.05) is 30.3 Å². The van der Waals surface area contributed by atoms with Crippen molar-refractivity contribution >= 4 is 5.91 Å². The maximum atomic E-state index is 12.6. The second-order valence-electron chi connectivity index (χ2n) is 5.37. The zero-order chi connectivity index (χ0) is 17.6. The van der Waals surface area contributed by atoms with Gasteiger partial charge in [-0.1, -0.05) is 24.3 Å². The Morgan fingerprint density at radius 3 is 2.64 bits per heavy atom. The average Bonchev–Trinajstić information content (AvgIpc) is 3.16. The zero-order valence-electron chi connectivity index (χ0n) is 14.1. The van der Waals surface area contributed by atoms with Gasteiger partial charge in [-0.05, 0) is 11.6 Å². The van der Waals surface area contributed by atoms with Crippen LogP contribution in [0, 0.1) is 0 Å². The lowest BCUT2D eigenvalue weighted by Gasteiger charge is -2.10. The largest absolute Gasteiger partial charge is 0.496 e. The molecule has 3 rings (SSSR count). The molecule has 2 aromatic heterocycles. The molecule has 0 bridgehead atoms. The summed E-state index contributed by atoms with van der Waals surface area (Å²) in [6.07, 6.45) is 5.16. The van der Waals surface area contributed by atoms with Crippen molar-refractivity contribution in [3.05, 3.63) is 66.1 Å². The first kappa shape index (κ1) is 16.6. The van der Waals surface area contributed by atoms with E-state index in [2.05, 4.69) is 15.3 Å². The molecule has 0 saturated heterocycles. The fourth-order valence-electron chi connectivity index (χ4n) is 2.56. The Morgan fingerprint density at radius 2 is 1.92 bits per heavy atom. The van der Waals surface area contributed by atoms with Crippen LogP contribution in [0.2, 0.25) is 0 Å². The lowest BCUT2D eigenvalue weighted by atomic mass is 10.0. The number of para-hydroxylation sites is 1. The van der Waals surface area contributed by atoms with Gasteiger partial charge >= 0.3 is 0 Å². The zero-order valence-corrected chi connectivity index (χ0v) is 14.1. The summed E-state index contributed by atoms with van der Waals surface area (Å²) < 4.78 is 10.4. The minimum Gasteiger partial charge on any atom is -0.496 e. The number of ether oxygens (including phenoxy) is 2. The number of hydrogen-bond donors (Lipinski definition) is 2. The van der Waals surface area contributed by atoms with Crippen molar-refractivity contribution in [2.75, 3.05) is 14.2 Å². The molecule has 1 amide bonds. The number of pyridine rings is 1. The van der Waals surface area contributed by atoms with E-state index in [-0.39, 0.29) is 5.91 Å². The highest BCUT2D eigenvalue weighted by atomic mass is 16.5. The molecule has 25 heavy (non-hydrogen) atoms. The van der Waals surface area contributed by atoms with E-state index >= 15 is 0 Å². The molecule has 2 N–H and O–H groups in total. The summed E-state index contributed by atoms with van der Waals surface area (Å²) >= 11 is 0. The summed E-state index contributed by atoms with van der Waals surface area (Å²) in [5.74, 6) is 1.09. The Labute approximate surface area is 145 Å². The van der Waals surface area contributed by atoms with Crippen LogP contribution < -0.4 is 14.8 Å². The van der Waals surface area contributed by atoms with Crippen LogP contribution in [0.5, 0.6) is 11.6 Å². The monoisotopic (exact) mass is 337 g/mol. The van der Waals surface area contributed by atoms with Crippen LogP contribution in [0.15, 0.2) is 55.0 Å². The number of amides is 1. The molecule has 6 heteroatoms. The Morgan fingerprint density at radius 1 is 1.08 bits per heavy atom. The summed E-state index contributed by atoms with van der Waals surface area (Å²) in [4.78, 5) is 19.7. The predicted octanol–water partition coefficient (Wildman–Crippen LogP) is 3.02. The van der Waals surface area contributed by atoms with Gasteiger partial charge in [0.2, 0.25) is 5.88 Å². The molecule has 0 radical (unpaired) electrons. The van der Waals surface area contributed by atoms with Gasteiger partial charge < -0.3 is 19.8 Å². The Hall–Kier alpha value is -3.28. The molecule has 128 valence electrons. The van der Waals surface area contributed by atoms with E-state index in [1.54, 1.807) is 38.9 Å². The van der Waals surface area contributed by atoms with E-state index < -0.39 is 0 Å². The number of benzene rings is 1. The number of rotatable bonds is 6. The number of nitrogens with zero attached hydrogens (tertiary/aromatic N) is 1.